The van der Waals surface area contributed by atoms with Crippen LogP contribution in [0.15, 0.2) is 12.1 Å². The van der Waals surface area contributed by atoms with Crippen molar-refractivity contribution in [1.82, 2.24) is 10.2 Å². The van der Waals surface area contributed by atoms with Gasteiger partial charge in [-0.2, -0.15) is 0 Å². The van der Waals surface area contributed by atoms with Gasteiger partial charge in [0.05, 0.1) is 5.02 Å². The Morgan fingerprint density at radius 2 is 2.32 bits per heavy atom. The summed E-state index contributed by atoms with van der Waals surface area (Å²) < 4.78 is 10.6. The monoisotopic (exact) mass is 281 g/mol. The number of carbonyl (C=O) groups is 1. The number of ether oxygens (including phenoxy) is 2. The van der Waals surface area contributed by atoms with Crippen LogP contribution >= 0.6 is 11.6 Å². The Hall–Kier alpha value is -1.95. The van der Waals surface area contributed by atoms with Gasteiger partial charge < -0.3 is 14.4 Å². The van der Waals surface area contributed by atoms with Gasteiger partial charge in [-0.05, 0) is 24.6 Å². The fourth-order valence-corrected chi connectivity index (χ4v) is 2.62. The summed E-state index contributed by atoms with van der Waals surface area (Å²) >= 11 is 6.13. The first-order chi connectivity index (χ1) is 9.11. The topological polar surface area (TPSA) is 74.7 Å². The number of nitrogens with zero attached hydrogens (tertiary/aromatic N) is 1. The Balaban J connectivity index is 2.04. The molecule has 1 aromatic rings. The molecule has 2 N–H and O–H groups in total. The van der Waals surface area contributed by atoms with Crippen LogP contribution in [0.4, 0.5) is 4.79 Å². The molecule has 2 aliphatic rings. The van der Waals surface area contributed by atoms with Crippen molar-refractivity contribution in [1.29, 1.82) is 5.41 Å². The summed E-state index contributed by atoms with van der Waals surface area (Å²) in [6.45, 7) is 2.50. The second kappa shape index (κ2) is 4.31. The van der Waals surface area contributed by atoms with Crippen molar-refractivity contribution in [3.8, 4) is 11.5 Å². The molecule has 0 aliphatic carbocycles. The Morgan fingerprint density at radius 3 is 3.05 bits per heavy atom. The Bertz CT molecular complexity index is 576. The fraction of sp³-hybridized carbons (Fsp3) is 0.333. The molecule has 3 rings (SSSR count). The zero-order valence-corrected chi connectivity index (χ0v) is 11.0. The van der Waals surface area contributed by atoms with Gasteiger partial charge in [-0.25, -0.2) is 4.79 Å². The molecule has 0 radical (unpaired) electrons. The number of fused-ring (bicyclic) bond motifs is 1. The van der Waals surface area contributed by atoms with Crippen LogP contribution in [-0.2, 0) is 0 Å². The highest BCUT2D eigenvalue weighted by Gasteiger charge is 2.36. The molecule has 19 heavy (non-hydrogen) atoms. The van der Waals surface area contributed by atoms with Crippen molar-refractivity contribution in [2.24, 2.45) is 0 Å². The van der Waals surface area contributed by atoms with Crippen LogP contribution in [0, 0.1) is 5.41 Å². The van der Waals surface area contributed by atoms with Crippen molar-refractivity contribution >= 4 is 23.5 Å². The molecule has 0 aromatic heterocycles. The molecule has 1 unspecified atom stereocenters. The average Bonchev–Trinajstić information content (AvgIpc) is 2.93. The van der Waals surface area contributed by atoms with E-state index in [-0.39, 0.29) is 18.7 Å². The molecule has 1 aromatic carbocycles. The molecule has 2 heterocycles. The number of hydrogen-bond donors (Lipinski definition) is 2. The highest BCUT2D eigenvalue weighted by atomic mass is 35.5. The number of nitrogens with one attached hydrogen (secondary N) is 2. The third-order valence-electron chi connectivity index (χ3n) is 3.19. The molecule has 0 spiro atoms. The van der Waals surface area contributed by atoms with Crippen LogP contribution in [0.1, 0.15) is 18.5 Å². The summed E-state index contributed by atoms with van der Waals surface area (Å²) in [7, 11) is 0. The molecule has 2 amide bonds. The molecule has 1 saturated heterocycles. The number of amides is 2. The van der Waals surface area contributed by atoms with Gasteiger partial charge in [0.2, 0.25) is 6.79 Å². The normalized spacial score (nSPS) is 20.9. The molecule has 7 heteroatoms. The van der Waals surface area contributed by atoms with Crippen LogP contribution in [0.3, 0.4) is 0 Å². The SMILES string of the molecule is CCN1C(=O)NC(=N)C1c1cc(Cl)c2c(c1)OCO2. The third kappa shape index (κ3) is 1.79. The van der Waals surface area contributed by atoms with E-state index >= 15 is 0 Å². The zero-order chi connectivity index (χ0) is 13.6. The lowest BCUT2D eigenvalue weighted by molar-refractivity contribution is 0.174. The van der Waals surface area contributed by atoms with Crippen molar-refractivity contribution in [2.75, 3.05) is 13.3 Å². The van der Waals surface area contributed by atoms with Crippen LogP contribution in [0.5, 0.6) is 11.5 Å². The Morgan fingerprint density at radius 1 is 1.53 bits per heavy atom. The van der Waals surface area contributed by atoms with Crippen molar-refractivity contribution in [3.05, 3.63) is 22.7 Å². The third-order valence-corrected chi connectivity index (χ3v) is 3.47. The van der Waals surface area contributed by atoms with Crippen LogP contribution in [-0.4, -0.2) is 30.1 Å². The smallest absolute Gasteiger partial charge is 0.323 e. The van der Waals surface area contributed by atoms with E-state index in [4.69, 9.17) is 26.5 Å². The van der Waals surface area contributed by atoms with Gasteiger partial charge in [0.15, 0.2) is 11.5 Å². The largest absolute Gasteiger partial charge is 0.454 e. The molecule has 2 aliphatic heterocycles. The molecule has 0 saturated carbocycles. The van der Waals surface area contributed by atoms with E-state index in [9.17, 15) is 4.79 Å². The van der Waals surface area contributed by atoms with E-state index in [2.05, 4.69) is 5.32 Å². The summed E-state index contributed by atoms with van der Waals surface area (Å²) in [6.07, 6.45) is 0. The second-order valence-corrected chi connectivity index (χ2v) is 4.68. The minimum atomic E-state index is -0.454. The number of halogens is 1. The van der Waals surface area contributed by atoms with Crippen LogP contribution < -0.4 is 14.8 Å². The molecule has 100 valence electrons. The lowest BCUT2D eigenvalue weighted by atomic mass is 10.0. The fourth-order valence-electron chi connectivity index (χ4n) is 2.35. The molecule has 6 nitrogen and oxygen atoms in total. The van der Waals surface area contributed by atoms with Crippen molar-refractivity contribution < 1.29 is 14.3 Å². The van der Waals surface area contributed by atoms with Gasteiger partial charge in [0.25, 0.3) is 0 Å². The first-order valence-corrected chi connectivity index (χ1v) is 6.24. The second-order valence-electron chi connectivity index (χ2n) is 4.27. The van der Waals surface area contributed by atoms with E-state index in [1.165, 1.54) is 0 Å². The van der Waals surface area contributed by atoms with Crippen LogP contribution in [0.25, 0.3) is 0 Å². The Kier molecular flexibility index (Phi) is 2.74. The van der Waals surface area contributed by atoms with Gasteiger partial charge in [0.1, 0.15) is 11.9 Å². The number of amidine groups is 1. The zero-order valence-electron chi connectivity index (χ0n) is 10.2. The summed E-state index contributed by atoms with van der Waals surface area (Å²) in [5, 5.41) is 10.8. The highest BCUT2D eigenvalue weighted by Crippen LogP contribution is 2.42. The number of hydrogen-bond acceptors (Lipinski definition) is 4. The number of urea groups is 1. The number of likely N-dealkylation sites (N-methyl/N-ethyl adjacent to an activating group) is 1. The van der Waals surface area contributed by atoms with Gasteiger partial charge >= 0.3 is 6.03 Å². The van der Waals surface area contributed by atoms with E-state index in [1.54, 1.807) is 17.0 Å². The van der Waals surface area contributed by atoms with Gasteiger partial charge in [-0.15, -0.1) is 0 Å². The van der Waals surface area contributed by atoms with Gasteiger partial charge in [-0.1, -0.05) is 11.6 Å². The lowest BCUT2D eigenvalue weighted by Crippen LogP contribution is -2.29. The predicted octanol–water partition coefficient (Wildman–Crippen LogP) is 2.13. The van der Waals surface area contributed by atoms with E-state index in [1.807, 2.05) is 6.92 Å². The first kappa shape index (κ1) is 12.1. The van der Waals surface area contributed by atoms with E-state index < -0.39 is 6.04 Å². The molecule has 0 bridgehead atoms. The number of rotatable bonds is 2. The maximum absolute atomic E-state index is 11.7. The first-order valence-electron chi connectivity index (χ1n) is 5.87. The van der Waals surface area contributed by atoms with E-state index in [0.717, 1.165) is 5.56 Å². The van der Waals surface area contributed by atoms with E-state index in [0.29, 0.717) is 23.1 Å². The minimum Gasteiger partial charge on any atom is -0.454 e. The van der Waals surface area contributed by atoms with Crippen molar-refractivity contribution in [2.45, 2.75) is 13.0 Å². The average molecular weight is 282 g/mol. The van der Waals surface area contributed by atoms with Crippen molar-refractivity contribution in [3.63, 3.8) is 0 Å². The predicted molar refractivity (Wildman–Crippen MR) is 69.0 cm³/mol. The Labute approximate surface area is 114 Å². The van der Waals surface area contributed by atoms with Gasteiger partial charge in [-0.3, -0.25) is 10.7 Å². The maximum Gasteiger partial charge on any atom is 0.323 e. The standard InChI is InChI=1S/C12H12ClN3O3/c1-2-16-9(11(14)15-12(16)17)6-3-7(13)10-8(4-6)18-5-19-10/h3-4,9H,2,5H2,1H3,(H2,14,15,17). The maximum atomic E-state index is 11.7. The minimum absolute atomic E-state index is 0.134. The quantitative estimate of drug-likeness (QED) is 0.872. The molecule has 1 fully saturated rings. The highest BCUT2D eigenvalue weighted by molar-refractivity contribution is 6.32. The lowest BCUT2D eigenvalue weighted by Gasteiger charge is -2.21. The summed E-state index contributed by atoms with van der Waals surface area (Å²) in [5.41, 5.74) is 0.736. The summed E-state index contributed by atoms with van der Waals surface area (Å²) in [5.74, 6) is 1.20. The number of carbonyl (C=O) groups excluding carboxylic acids is 1. The number of benzene rings is 1. The molecule has 1 atom stereocenters. The van der Waals surface area contributed by atoms with Gasteiger partial charge in [0, 0.05) is 6.54 Å². The summed E-state index contributed by atoms with van der Waals surface area (Å²) in [6, 6.07) is 2.74. The van der Waals surface area contributed by atoms with Crippen LogP contribution in [0.2, 0.25) is 5.02 Å². The summed E-state index contributed by atoms with van der Waals surface area (Å²) in [4.78, 5) is 13.3. The molecular formula is C12H12ClN3O3. The molecular weight excluding hydrogens is 270 g/mol.